The largest absolute Gasteiger partial charge is 0.352 e. The molecule has 7 heteroatoms. The maximum atomic E-state index is 13.2. The van der Waals surface area contributed by atoms with Crippen LogP contribution in [0.1, 0.15) is 32.1 Å². The molecule has 2 aromatic rings. The van der Waals surface area contributed by atoms with E-state index in [1.165, 1.54) is 10.7 Å². The van der Waals surface area contributed by atoms with Gasteiger partial charge in [0, 0.05) is 17.2 Å². The summed E-state index contributed by atoms with van der Waals surface area (Å²) in [5, 5.41) is 3.46. The molecule has 1 N–H and O–H groups in total. The first-order valence-electron chi connectivity index (χ1n) is 9.18. The highest BCUT2D eigenvalue weighted by molar-refractivity contribution is 7.93. The van der Waals surface area contributed by atoms with Crippen LogP contribution in [0.25, 0.3) is 11.1 Å². The van der Waals surface area contributed by atoms with Gasteiger partial charge in [0.1, 0.15) is 6.54 Å². The summed E-state index contributed by atoms with van der Waals surface area (Å²) in [6.45, 7) is -0.249. The van der Waals surface area contributed by atoms with Crippen molar-refractivity contribution in [2.75, 3.05) is 10.8 Å². The lowest BCUT2D eigenvalue weighted by Crippen LogP contribution is -2.45. The Labute approximate surface area is 164 Å². The van der Waals surface area contributed by atoms with Crippen LogP contribution >= 0.6 is 11.6 Å². The van der Waals surface area contributed by atoms with Gasteiger partial charge in [0.2, 0.25) is 5.91 Å². The zero-order chi connectivity index (χ0) is 19.0. The van der Waals surface area contributed by atoms with E-state index in [2.05, 4.69) is 5.32 Å². The summed E-state index contributed by atoms with van der Waals surface area (Å²) in [5.74, 6) is -0.282. The lowest BCUT2D eigenvalue weighted by atomic mass is 9.95. The molecule has 0 aromatic heterocycles. The van der Waals surface area contributed by atoms with Crippen molar-refractivity contribution in [2.24, 2.45) is 0 Å². The number of hydrogen-bond acceptors (Lipinski definition) is 3. The van der Waals surface area contributed by atoms with Crippen LogP contribution in [0, 0.1) is 0 Å². The van der Waals surface area contributed by atoms with Gasteiger partial charge in [-0.1, -0.05) is 55.1 Å². The Bertz CT molecular complexity index is 984. The minimum Gasteiger partial charge on any atom is -0.352 e. The molecule has 1 heterocycles. The first-order valence-corrected chi connectivity index (χ1v) is 11.0. The van der Waals surface area contributed by atoms with E-state index in [9.17, 15) is 13.2 Å². The lowest BCUT2D eigenvalue weighted by molar-refractivity contribution is -0.120. The number of fused-ring (bicyclic) bond motifs is 3. The smallest absolute Gasteiger partial charge is 0.265 e. The fraction of sp³-hybridized carbons (Fsp3) is 0.350. The van der Waals surface area contributed by atoms with Crippen LogP contribution in [0.2, 0.25) is 5.02 Å². The molecule has 2 aliphatic rings. The van der Waals surface area contributed by atoms with Crippen molar-refractivity contribution >= 4 is 33.2 Å². The molecule has 1 aliphatic carbocycles. The number of hydrogen-bond donors (Lipinski definition) is 1. The molecule has 0 unspecified atom stereocenters. The molecule has 27 heavy (non-hydrogen) atoms. The zero-order valence-electron chi connectivity index (χ0n) is 14.8. The summed E-state index contributed by atoms with van der Waals surface area (Å²) >= 11 is 6.40. The van der Waals surface area contributed by atoms with Gasteiger partial charge < -0.3 is 5.32 Å². The van der Waals surface area contributed by atoms with Gasteiger partial charge in [-0.25, -0.2) is 8.42 Å². The molecule has 4 rings (SSSR count). The van der Waals surface area contributed by atoms with Crippen molar-refractivity contribution < 1.29 is 13.2 Å². The zero-order valence-corrected chi connectivity index (χ0v) is 16.4. The molecule has 0 radical (unpaired) electrons. The fourth-order valence-electron chi connectivity index (χ4n) is 3.95. The minimum absolute atomic E-state index is 0.130. The van der Waals surface area contributed by atoms with Crippen LogP contribution < -0.4 is 9.62 Å². The average Bonchev–Trinajstić information content (AvgIpc) is 2.66. The van der Waals surface area contributed by atoms with Crippen molar-refractivity contribution in [3.8, 4) is 11.1 Å². The van der Waals surface area contributed by atoms with E-state index in [-0.39, 0.29) is 23.4 Å². The predicted octanol–water partition coefficient (Wildman–Crippen LogP) is 3.96. The van der Waals surface area contributed by atoms with Crippen LogP contribution in [-0.2, 0) is 14.8 Å². The average molecular weight is 405 g/mol. The van der Waals surface area contributed by atoms with Gasteiger partial charge in [-0.3, -0.25) is 9.10 Å². The monoisotopic (exact) mass is 404 g/mol. The molecule has 0 saturated heterocycles. The number of nitrogens with zero attached hydrogens (tertiary/aromatic N) is 1. The number of nitrogens with one attached hydrogen (secondary N) is 1. The van der Waals surface area contributed by atoms with Gasteiger partial charge >= 0.3 is 0 Å². The SMILES string of the molecule is O=C(CN1c2cccc(Cl)c2-c2ccccc2S1(=O)=O)NC1CCCCC1. The molecule has 1 saturated carbocycles. The Morgan fingerprint density at radius 3 is 2.59 bits per heavy atom. The van der Waals surface area contributed by atoms with E-state index in [0.717, 1.165) is 25.7 Å². The summed E-state index contributed by atoms with van der Waals surface area (Å²) in [7, 11) is -3.84. The molecule has 0 spiro atoms. The number of halogens is 1. The van der Waals surface area contributed by atoms with E-state index in [4.69, 9.17) is 11.6 Å². The van der Waals surface area contributed by atoms with Crippen molar-refractivity contribution in [3.05, 3.63) is 47.5 Å². The Hall–Kier alpha value is -2.05. The maximum absolute atomic E-state index is 13.2. The molecule has 1 fully saturated rings. The molecule has 2 aromatic carbocycles. The Kier molecular flexibility index (Phi) is 4.86. The summed E-state index contributed by atoms with van der Waals surface area (Å²) < 4.78 is 27.6. The Balaban J connectivity index is 1.70. The Morgan fingerprint density at radius 1 is 1.07 bits per heavy atom. The molecule has 1 aliphatic heterocycles. The van der Waals surface area contributed by atoms with Crippen LogP contribution in [0.5, 0.6) is 0 Å². The molecular weight excluding hydrogens is 384 g/mol. The summed E-state index contributed by atoms with van der Waals surface area (Å²) in [6, 6.07) is 12.0. The number of carbonyl (C=O) groups excluding carboxylic acids is 1. The van der Waals surface area contributed by atoms with E-state index in [1.807, 2.05) is 0 Å². The lowest BCUT2D eigenvalue weighted by Gasteiger charge is -2.32. The van der Waals surface area contributed by atoms with Gasteiger partial charge in [-0.15, -0.1) is 0 Å². The summed E-state index contributed by atoms with van der Waals surface area (Å²) in [6.07, 6.45) is 5.28. The topological polar surface area (TPSA) is 66.5 Å². The molecular formula is C20H21ClN2O3S. The predicted molar refractivity (Wildman–Crippen MR) is 106 cm³/mol. The number of anilines is 1. The quantitative estimate of drug-likeness (QED) is 0.841. The molecule has 1 amide bonds. The number of carbonyl (C=O) groups is 1. The second-order valence-corrected chi connectivity index (χ2v) is 9.28. The third-order valence-electron chi connectivity index (χ3n) is 5.24. The molecule has 0 atom stereocenters. The standard InChI is InChI=1S/C20H21ClN2O3S/c21-16-10-6-11-17-20(16)15-9-4-5-12-18(15)27(25,26)23(17)13-19(24)22-14-7-2-1-3-8-14/h4-6,9-12,14H,1-3,7-8,13H2,(H,22,24). The van der Waals surface area contributed by atoms with E-state index < -0.39 is 10.0 Å². The summed E-state index contributed by atoms with van der Waals surface area (Å²) in [5.41, 5.74) is 1.66. The van der Waals surface area contributed by atoms with Gasteiger partial charge in [0.15, 0.2) is 0 Å². The Morgan fingerprint density at radius 2 is 1.81 bits per heavy atom. The second-order valence-electron chi connectivity index (χ2n) is 7.04. The first-order chi connectivity index (χ1) is 13.0. The van der Waals surface area contributed by atoms with Crippen LogP contribution in [0.3, 0.4) is 0 Å². The molecule has 142 valence electrons. The van der Waals surface area contributed by atoms with Gasteiger partial charge in [-0.05, 0) is 31.0 Å². The third kappa shape index (κ3) is 3.32. The van der Waals surface area contributed by atoms with E-state index in [1.54, 1.807) is 42.5 Å². The van der Waals surface area contributed by atoms with Gasteiger partial charge in [0.05, 0.1) is 15.6 Å². The van der Waals surface area contributed by atoms with E-state index in [0.29, 0.717) is 21.8 Å². The second kappa shape index (κ2) is 7.17. The normalized spacial score (nSPS) is 18.5. The van der Waals surface area contributed by atoms with E-state index >= 15 is 0 Å². The van der Waals surface area contributed by atoms with Crippen LogP contribution in [-0.4, -0.2) is 26.9 Å². The number of rotatable bonds is 3. The summed E-state index contributed by atoms with van der Waals surface area (Å²) in [4.78, 5) is 12.8. The third-order valence-corrected chi connectivity index (χ3v) is 7.38. The van der Waals surface area contributed by atoms with Gasteiger partial charge in [-0.2, -0.15) is 0 Å². The molecule has 5 nitrogen and oxygen atoms in total. The van der Waals surface area contributed by atoms with Crippen LogP contribution in [0.15, 0.2) is 47.4 Å². The highest BCUT2D eigenvalue weighted by Crippen LogP contribution is 2.46. The fourth-order valence-corrected chi connectivity index (χ4v) is 5.86. The van der Waals surface area contributed by atoms with Crippen molar-refractivity contribution in [2.45, 2.75) is 43.0 Å². The maximum Gasteiger partial charge on any atom is 0.265 e. The highest BCUT2D eigenvalue weighted by Gasteiger charge is 2.37. The van der Waals surface area contributed by atoms with Crippen molar-refractivity contribution in [1.29, 1.82) is 0 Å². The van der Waals surface area contributed by atoms with Crippen LogP contribution in [0.4, 0.5) is 5.69 Å². The minimum atomic E-state index is -3.84. The first kappa shape index (κ1) is 18.3. The number of sulfonamides is 1. The molecule has 0 bridgehead atoms. The number of amides is 1. The highest BCUT2D eigenvalue weighted by atomic mass is 35.5. The number of benzene rings is 2. The van der Waals surface area contributed by atoms with Crippen molar-refractivity contribution in [3.63, 3.8) is 0 Å². The van der Waals surface area contributed by atoms with Crippen molar-refractivity contribution in [1.82, 2.24) is 5.32 Å². The van der Waals surface area contributed by atoms with Gasteiger partial charge in [0.25, 0.3) is 10.0 Å².